The van der Waals surface area contributed by atoms with Crippen molar-refractivity contribution in [1.29, 1.82) is 0 Å². The molecule has 0 unspecified atom stereocenters. The van der Waals surface area contributed by atoms with Gasteiger partial charge in [0.05, 0.1) is 12.1 Å². The molecule has 0 fully saturated rings. The standard InChI is InChI=1S/C12H12Cl2N2O3S/c1-3-10-15-6-7-16(10)20(17,18)9-5-4-8(13)11(14)12(9)19-2/h4-7H,3H2,1-2H3. The van der Waals surface area contributed by atoms with Crippen molar-refractivity contribution in [3.8, 4) is 5.75 Å². The zero-order valence-corrected chi connectivity index (χ0v) is 13.1. The highest BCUT2D eigenvalue weighted by Gasteiger charge is 2.26. The first kappa shape index (κ1) is 15.2. The Morgan fingerprint density at radius 1 is 1.35 bits per heavy atom. The van der Waals surface area contributed by atoms with Crippen molar-refractivity contribution in [2.24, 2.45) is 0 Å². The Labute approximate surface area is 127 Å². The summed E-state index contributed by atoms with van der Waals surface area (Å²) in [6.45, 7) is 1.82. The monoisotopic (exact) mass is 334 g/mol. The molecule has 0 N–H and O–H groups in total. The fourth-order valence-electron chi connectivity index (χ4n) is 1.80. The second-order valence-corrected chi connectivity index (χ2v) is 6.46. The molecule has 1 heterocycles. The highest BCUT2D eigenvalue weighted by atomic mass is 35.5. The van der Waals surface area contributed by atoms with Crippen molar-refractivity contribution >= 4 is 33.2 Å². The van der Waals surface area contributed by atoms with Crippen LogP contribution in [0.1, 0.15) is 12.7 Å². The second-order valence-electron chi connectivity index (χ2n) is 3.89. The van der Waals surface area contributed by atoms with Crippen LogP contribution in [-0.4, -0.2) is 24.5 Å². The van der Waals surface area contributed by atoms with Gasteiger partial charge in [0.25, 0.3) is 10.0 Å². The van der Waals surface area contributed by atoms with Crippen LogP contribution in [0, 0.1) is 0 Å². The number of hydrogen-bond acceptors (Lipinski definition) is 4. The van der Waals surface area contributed by atoms with Crippen LogP contribution < -0.4 is 4.74 Å². The number of halogens is 2. The average Bonchev–Trinajstić information content (AvgIpc) is 2.90. The first-order chi connectivity index (χ1) is 9.43. The number of benzene rings is 1. The number of aryl methyl sites for hydroxylation is 1. The van der Waals surface area contributed by atoms with Crippen LogP contribution in [0.15, 0.2) is 29.4 Å². The fraction of sp³-hybridized carbons (Fsp3) is 0.250. The third-order valence-electron chi connectivity index (χ3n) is 2.75. The number of nitrogens with zero attached hydrogens (tertiary/aromatic N) is 2. The number of aromatic nitrogens is 2. The van der Waals surface area contributed by atoms with Gasteiger partial charge in [-0.05, 0) is 12.1 Å². The molecule has 108 valence electrons. The molecule has 0 saturated carbocycles. The third kappa shape index (κ3) is 2.39. The van der Waals surface area contributed by atoms with Crippen LogP contribution in [0.5, 0.6) is 5.75 Å². The number of hydrogen-bond donors (Lipinski definition) is 0. The minimum Gasteiger partial charge on any atom is -0.494 e. The molecular formula is C12H12Cl2N2O3S. The molecule has 0 amide bonds. The quantitative estimate of drug-likeness (QED) is 0.862. The summed E-state index contributed by atoms with van der Waals surface area (Å²) in [5.74, 6) is 0.452. The topological polar surface area (TPSA) is 61.2 Å². The molecule has 5 nitrogen and oxygen atoms in total. The van der Waals surface area contributed by atoms with Gasteiger partial charge < -0.3 is 4.74 Å². The van der Waals surface area contributed by atoms with Gasteiger partial charge in [-0.3, -0.25) is 0 Å². The van der Waals surface area contributed by atoms with E-state index in [2.05, 4.69) is 4.98 Å². The number of imidazole rings is 1. The second kappa shape index (κ2) is 5.63. The lowest BCUT2D eigenvalue weighted by molar-refractivity contribution is 0.402. The summed E-state index contributed by atoms with van der Waals surface area (Å²) in [6, 6.07) is 2.78. The maximum Gasteiger partial charge on any atom is 0.272 e. The average molecular weight is 335 g/mol. The molecule has 0 atom stereocenters. The van der Waals surface area contributed by atoms with E-state index in [4.69, 9.17) is 27.9 Å². The largest absolute Gasteiger partial charge is 0.494 e. The lowest BCUT2D eigenvalue weighted by Crippen LogP contribution is -2.16. The minimum absolute atomic E-state index is 0.0231. The van der Waals surface area contributed by atoms with Crippen molar-refractivity contribution in [2.45, 2.75) is 18.2 Å². The SMILES string of the molecule is CCc1nccn1S(=O)(=O)c1ccc(Cl)c(Cl)c1OC. The minimum atomic E-state index is -3.83. The first-order valence-electron chi connectivity index (χ1n) is 5.73. The van der Waals surface area contributed by atoms with Gasteiger partial charge in [0, 0.05) is 18.8 Å². The summed E-state index contributed by atoms with van der Waals surface area (Å²) in [7, 11) is -2.50. The Morgan fingerprint density at radius 3 is 2.65 bits per heavy atom. The van der Waals surface area contributed by atoms with Crippen LogP contribution in [0.3, 0.4) is 0 Å². The van der Waals surface area contributed by atoms with E-state index < -0.39 is 10.0 Å². The predicted octanol–water partition coefficient (Wildman–Crippen LogP) is 3.00. The normalized spacial score (nSPS) is 11.6. The molecule has 1 aromatic carbocycles. The molecule has 0 saturated heterocycles. The van der Waals surface area contributed by atoms with Crippen LogP contribution in [0.4, 0.5) is 0 Å². The maximum atomic E-state index is 12.7. The molecule has 1 aromatic heterocycles. The Morgan fingerprint density at radius 2 is 2.05 bits per heavy atom. The molecular weight excluding hydrogens is 323 g/mol. The van der Waals surface area contributed by atoms with Crippen molar-refractivity contribution in [1.82, 2.24) is 8.96 Å². The smallest absolute Gasteiger partial charge is 0.272 e. The van der Waals surface area contributed by atoms with Crippen LogP contribution >= 0.6 is 23.2 Å². The summed E-state index contributed by atoms with van der Waals surface area (Å²) < 4.78 is 31.5. The van der Waals surface area contributed by atoms with Crippen molar-refractivity contribution in [3.05, 3.63) is 40.4 Å². The van der Waals surface area contributed by atoms with Crippen molar-refractivity contribution < 1.29 is 13.2 Å². The van der Waals surface area contributed by atoms with E-state index in [0.29, 0.717) is 12.2 Å². The molecule has 0 bridgehead atoms. The Hall–Kier alpha value is -1.24. The molecule has 2 aromatic rings. The Balaban J connectivity index is 2.70. The Bertz CT molecular complexity index is 741. The third-order valence-corrected chi connectivity index (χ3v) is 5.27. The number of rotatable bonds is 4. The molecule has 2 rings (SSSR count). The van der Waals surface area contributed by atoms with Crippen molar-refractivity contribution in [2.75, 3.05) is 7.11 Å². The van der Waals surface area contributed by atoms with E-state index >= 15 is 0 Å². The van der Waals surface area contributed by atoms with E-state index in [-0.39, 0.29) is 20.7 Å². The highest BCUT2D eigenvalue weighted by Crippen LogP contribution is 2.38. The zero-order valence-electron chi connectivity index (χ0n) is 10.8. The van der Waals surface area contributed by atoms with E-state index in [9.17, 15) is 8.42 Å². The Kier molecular flexibility index (Phi) is 4.27. The first-order valence-corrected chi connectivity index (χ1v) is 7.92. The van der Waals surface area contributed by atoms with Crippen molar-refractivity contribution in [3.63, 3.8) is 0 Å². The van der Waals surface area contributed by atoms with E-state index in [1.165, 1.54) is 31.6 Å². The van der Waals surface area contributed by atoms with Gasteiger partial charge in [0.15, 0.2) is 5.75 Å². The lowest BCUT2D eigenvalue weighted by atomic mass is 10.3. The van der Waals surface area contributed by atoms with Gasteiger partial charge in [0.1, 0.15) is 15.7 Å². The molecule has 0 spiro atoms. The molecule has 0 aliphatic carbocycles. The van der Waals surface area contributed by atoms with Gasteiger partial charge in [-0.25, -0.2) is 17.4 Å². The number of methoxy groups -OCH3 is 1. The summed E-state index contributed by atoms with van der Waals surface area (Å²) in [5, 5.41) is 0.289. The number of ether oxygens (including phenoxy) is 1. The van der Waals surface area contributed by atoms with Gasteiger partial charge in [-0.2, -0.15) is 0 Å². The van der Waals surface area contributed by atoms with Gasteiger partial charge >= 0.3 is 0 Å². The van der Waals surface area contributed by atoms with Gasteiger partial charge in [-0.15, -0.1) is 0 Å². The molecule has 20 heavy (non-hydrogen) atoms. The fourth-order valence-corrected chi connectivity index (χ4v) is 3.79. The van der Waals surface area contributed by atoms with Crippen LogP contribution in [-0.2, 0) is 16.4 Å². The van der Waals surface area contributed by atoms with E-state index in [1.54, 1.807) is 0 Å². The lowest BCUT2D eigenvalue weighted by Gasteiger charge is -2.13. The summed E-state index contributed by atoms with van der Waals surface area (Å²) in [6.07, 6.45) is 3.30. The predicted molar refractivity (Wildman–Crippen MR) is 77.2 cm³/mol. The summed E-state index contributed by atoms with van der Waals surface area (Å²) in [5.41, 5.74) is 0. The summed E-state index contributed by atoms with van der Waals surface area (Å²) >= 11 is 11.9. The van der Waals surface area contributed by atoms with E-state index in [0.717, 1.165) is 3.97 Å². The van der Waals surface area contributed by atoms with Gasteiger partial charge in [-0.1, -0.05) is 30.1 Å². The van der Waals surface area contributed by atoms with Crippen LogP contribution in [0.25, 0.3) is 0 Å². The highest BCUT2D eigenvalue weighted by molar-refractivity contribution is 7.90. The zero-order chi connectivity index (χ0) is 14.9. The molecule has 0 aliphatic heterocycles. The molecule has 8 heteroatoms. The molecule has 0 radical (unpaired) electrons. The maximum absolute atomic E-state index is 12.7. The van der Waals surface area contributed by atoms with Crippen LogP contribution in [0.2, 0.25) is 10.0 Å². The molecule has 0 aliphatic rings. The summed E-state index contributed by atoms with van der Waals surface area (Å²) in [4.78, 5) is 3.95. The van der Waals surface area contributed by atoms with Gasteiger partial charge in [0.2, 0.25) is 0 Å². The van der Waals surface area contributed by atoms with E-state index in [1.807, 2.05) is 6.92 Å².